The topological polar surface area (TPSA) is 81.9 Å². The number of hydrogen-bond acceptors (Lipinski definition) is 6. The Morgan fingerprint density at radius 2 is 1.84 bits per heavy atom. The van der Waals surface area contributed by atoms with Gasteiger partial charge in [0.2, 0.25) is 5.95 Å². The number of aryl methyl sites for hydroxylation is 1. The van der Waals surface area contributed by atoms with Crippen molar-refractivity contribution in [2.24, 2.45) is 13.0 Å². The number of nitrogens with one attached hydrogen (secondary N) is 1. The number of fused-ring (bicyclic) bond motifs is 1. The number of ether oxygens (including phenoxy) is 1. The van der Waals surface area contributed by atoms with E-state index >= 15 is 0 Å². The minimum absolute atomic E-state index is 0.255. The number of hydrogen-bond donors (Lipinski definition) is 1. The monoisotopic (exact) mass is 467 g/mol. The maximum absolute atomic E-state index is 11.3. The summed E-state index contributed by atoms with van der Waals surface area (Å²) in [5.41, 5.74) is 4.42. The van der Waals surface area contributed by atoms with Crippen molar-refractivity contribution in [3.63, 3.8) is 0 Å². The number of halogens is 1. The SMILES string of the molecule is Cn1c(NCc2ccc(Oc3ncc(Cl)cn3)cc2)nc2ccc(CC3CS(=O)C3)cc21. The highest BCUT2D eigenvalue weighted by Crippen LogP contribution is 2.25. The normalized spacial score (nSPS) is 17.8. The van der Waals surface area contributed by atoms with Crippen LogP contribution in [0.3, 0.4) is 0 Å². The van der Waals surface area contributed by atoms with Gasteiger partial charge in [0.1, 0.15) is 5.75 Å². The average Bonchev–Trinajstić information content (AvgIpc) is 3.09. The van der Waals surface area contributed by atoms with Gasteiger partial charge in [-0.2, -0.15) is 0 Å². The lowest BCUT2D eigenvalue weighted by Gasteiger charge is -2.24. The molecule has 0 amide bonds. The molecule has 32 heavy (non-hydrogen) atoms. The highest BCUT2D eigenvalue weighted by molar-refractivity contribution is 7.86. The Hall–Kier alpha value is -2.97. The number of benzene rings is 2. The van der Waals surface area contributed by atoms with E-state index in [9.17, 15) is 4.21 Å². The van der Waals surface area contributed by atoms with Crippen LogP contribution in [0.2, 0.25) is 5.02 Å². The molecule has 2 aromatic carbocycles. The molecule has 9 heteroatoms. The molecule has 0 saturated carbocycles. The van der Waals surface area contributed by atoms with Gasteiger partial charge in [0.15, 0.2) is 0 Å². The predicted molar refractivity (Wildman–Crippen MR) is 127 cm³/mol. The molecular formula is C23H22ClN5O2S. The Kier molecular flexibility index (Phi) is 5.80. The summed E-state index contributed by atoms with van der Waals surface area (Å²) in [6, 6.07) is 14.4. The van der Waals surface area contributed by atoms with Gasteiger partial charge in [-0.15, -0.1) is 0 Å². The van der Waals surface area contributed by atoms with Crippen molar-refractivity contribution in [2.45, 2.75) is 13.0 Å². The van der Waals surface area contributed by atoms with Gasteiger partial charge in [0, 0.05) is 35.9 Å². The minimum atomic E-state index is -0.604. The van der Waals surface area contributed by atoms with E-state index < -0.39 is 10.8 Å². The largest absolute Gasteiger partial charge is 0.424 e. The Morgan fingerprint density at radius 3 is 2.56 bits per heavy atom. The summed E-state index contributed by atoms with van der Waals surface area (Å²) < 4.78 is 19.1. The van der Waals surface area contributed by atoms with E-state index in [0.29, 0.717) is 23.2 Å². The van der Waals surface area contributed by atoms with Crippen molar-refractivity contribution in [1.29, 1.82) is 0 Å². The van der Waals surface area contributed by atoms with Crippen LogP contribution in [0, 0.1) is 5.92 Å². The third-order valence-electron chi connectivity index (χ3n) is 5.49. The first-order valence-corrected chi connectivity index (χ1v) is 12.2. The highest BCUT2D eigenvalue weighted by atomic mass is 35.5. The number of aromatic nitrogens is 4. The Labute approximate surface area is 193 Å². The predicted octanol–water partition coefficient (Wildman–Crippen LogP) is 4.34. The third kappa shape index (κ3) is 4.61. The molecular weight excluding hydrogens is 446 g/mol. The molecule has 0 radical (unpaired) electrons. The van der Waals surface area contributed by atoms with Gasteiger partial charge >= 0.3 is 6.01 Å². The van der Waals surface area contributed by atoms with Crippen LogP contribution in [0.15, 0.2) is 54.9 Å². The first-order valence-electron chi connectivity index (χ1n) is 10.3. The van der Waals surface area contributed by atoms with Gasteiger partial charge < -0.3 is 14.6 Å². The smallest absolute Gasteiger partial charge is 0.321 e. The lowest BCUT2D eigenvalue weighted by molar-refractivity contribution is 0.441. The van der Waals surface area contributed by atoms with Gasteiger partial charge in [0.25, 0.3) is 0 Å². The molecule has 5 rings (SSSR count). The summed E-state index contributed by atoms with van der Waals surface area (Å²) in [6.07, 6.45) is 3.97. The summed E-state index contributed by atoms with van der Waals surface area (Å²) in [6.45, 7) is 0.635. The zero-order valence-corrected chi connectivity index (χ0v) is 19.1. The van der Waals surface area contributed by atoms with Gasteiger partial charge in [-0.3, -0.25) is 4.21 Å². The van der Waals surface area contributed by atoms with Crippen LogP contribution in [0.1, 0.15) is 11.1 Å². The lowest BCUT2D eigenvalue weighted by Crippen LogP contribution is -2.32. The molecule has 3 heterocycles. The summed E-state index contributed by atoms with van der Waals surface area (Å²) in [4.78, 5) is 12.8. The molecule has 0 bridgehead atoms. The minimum Gasteiger partial charge on any atom is -0.424 e. The Morgan fingerprint density at radius 1 is 1.12 bits per heavy atom. The van der Waals surface area contributed by atoms with Crippen LogP contribution in [-0.4, -0.2) is 35.2 Å². The van der Waals surface area contributed by atoms with Crippen molar-refractivity contribution in [3.8, 4) is 11.8 Å². The summed E-state index contributed by atoms with van der Waals surface area (Å²) in [5, 5.41) is 3.88. The van der Waals surface area contributed by atoms with Crippen LogP contribution < -0.4 is 10.1 Å². The van der Waals surface area contributed by atoms with Crippen LogP contribution in [0.4, 0.5) is 5.95 Å². The summed E-state index contributed by atoms with van der Waals surface area (Å²) in [7, 11) is 1.41. The summed E-state index contributed by atoms with van der Waals surface area (Å²) >= 11 is 5.79. The van der Waals surface area contributed by atoms with Crippen molar-refractivity contribution in [1.82, 2.24) is 19.5 Å². The van der Waals surface area contributed by atoms with Crippen LogP contribution >= 0.6 is 11.6 Å². The number of rotatable bonds is 7. The van der Waals surface area contributed by atoms with E-state index in [-0.39, 0.29) is 6.01 Å². The van der Waals surface area contributed by atoms with Crippen molar-refractivity contribution in [2.75, 3.05) is 16.8 Å². The van der Waals surface area contributed by atoms with Gasteiger partial charge in [-0.25, -0.2) is 15.0 Å². The molecule has 0 unspecified atom stereocenters. The fourth-order valence-corrected chi connectivity index (χ4v) is 5.05. The maximum Gasteiger partial charge on any atom is 0.321 e. The van der Waals surface area contributed by atoms with Gasteiger partial charge in [0.05, 0.1) is 28.4 Å². The van der Waals surface area contributed by atoms with E-state index in [1.807, 2.05) is 31.3 Å². The van der Waals surface area contributed by atoms with E-state index in [4.69, 9.17) is 21.3 Å². The zero-order valence-electron chi connectivity index (χ0n) is 17.5. The molecule has 1 aliphatic rings. The fraction of sp³-hybridized carbons (Fsp3) is 0.261. The van der Waals surface area contributed by atoms with Crippen molar-refractivity contribution in [3.05, 3.63) is 71.0 Å². The lowest BCUT2D eigenvalue weighted by atomic mass is 10.0. The van der Waals surface area contributed by atoms with E-state index in [1.54, 1.807) is 0 Å². The summed E-state index contributed by atoms with van der Waals surface area (Å²) in [5.74, 6) is 3.66. The molecule has 1 saturated heterocycles. The number of nitrogens with zero attached hydrogens (tertiary/aromatic N) is 4. The second-order valence-electron chi connectivity index (χ2n) is 7.94. The first-order chi connectivity index (χ1) is 15.5. The fourth-order valence-electron chi connectivity index (χ4n) is 3.76. The van der Waals surface area contributed by atoms with Crippen LogP contribution in [0.25, 0.3) is 11.0 Å². The molecule has 164 valence electrons. The molecule has 0 spiro atoms. The molecule has 2 aromatic heterocycles. The Bertz CT molecular complexity index is 1270. The van der Waals surface area contributed by atoms with Crippen molar-refractivity contribution >= 4 is 39.4 Å². The first kappa shape index (κ1) is 20.9. The van der Waals surface area contributed by atoms with E-state index in [2.05, 4.69) is 38.1 Å². The molecule has 0 aliphatic carbocycles. The second-order valence-corrected chi connectivity index (χ2v) is 9.93. The number of imidazole rings is 1. The van der Waals surface area contributed by atoms with Crippen molar-refractivity contribution < 1.29 is 8.95 Å². The quantitative estimate of drug-likeness (QED) is 0.435. The van der Waals surface area contributed by atoms with Gasteiger partial charge in [-0.1, -0.05) is 29.8 Å². The molecule has 0 atom stereocenters. The number of anilines is 1. The highest BCUT2D eigenvalue weighted by Gasteiger charge is 2.25. The average molecular weight is 468 g/mol. The van der Waals surface area contributed by atoms with Gasteiger partial charge in [-0.05, 0) is 47.7 Å². The molecule has 1 aliphatic heterocycles. The third-order valence-corrected chi connectivity index (χ3v) is 7.37. The van der Waals surface area contributed by atoms with Crippen LogP contribution in [-0.2, 0) is 30.8 Å². The molecule has 1 N–H and O–H groups in total. The van der Waals surface area contributed by atoms with Crippen LogP contribution in [0.5, 0.6) is 11.8 Å². The zero-order chi connectivity index (χ0) is 22.1. The molecule has 1 fully saturated rings. The second kappa shape index (κ2) is 8.88. The van der Waals surface area contributed by atoms with E-state index in [0.717, 1.165) is 40.5 Å². The Balaban J connectivity index is 1.23. The molecule has 4 aromatic rings. The maximum atomic E-state index is 11.3. The molecule has 7 nitrogen and oxygen atoms in total. The van der Waals surface area contributed by atoms with E-state index in [1.165, 1.54) is 18.0 Å². The standard InChI is InChI=1S/C23H22ClN5O2S/c1-29-21-9-16(8-17-13-32(30)14-17)4-7-20(21)28-22(29)25-10-15-2-5-19(6-3-15)31-23-26-11-18(24)12-27-23/h2-7,9,11-12,17H,8,10,13-14H2,1H3,(H,25,28).